The summed E-state index contributed by atoms with van der Waals surface area (Å²) in [5.74, 6) is -0.122. The molecular formula is C12H18N4O2S. The maximum absolute atomic E-state index is 11.6. The molecule has 3 amide bonds. The van der Waals surface area contributed by atoms with Gasteiger partial charge in [-0.2, -0.15) is 0 Å². The fourth-order valence-corrected chi connectivity index (χ4v) is 2.46. The average molecular weight is 282 g/mol. The number of nitrogens with one attached hydrogen (secondary N) is 2. The van der Waals surface area contributed by atoms with Crippen molar-refractivity contribution in [2.45, 2.75) is 43.9 Å². The molecule has 1 aromatic heterocycles. The first-order valence-corrected chi connectivity index (χ1v) is 7.31. The van der Waals surface area contributed by atoms with Gasteiger partial charge in [0.05, 0.1) is 5.75 Å². The SMILES string of the molecule is CC(C)NC(=O)NC(=O)CSc1nccn1C1CC1. The molecule has 1 aromatic rings. The van der Waals surface area contributed by atoms with Crippen LogP contribution in [0.4, 0.5) is 4.79 Å². The fourth-order valence-electron chi connectivity index (χ4n) is 1.63. The van der Waals surface area contributed by atoms with Crippen LogP contribution in [0.15, 0.2) is 17.6 Å². The molecule has 0 radical (unpaired) electrons. The van der Waals surface area contributed by atoms with Gasteiger partial charge in [-0.15, -0.1) is 0 Å². The first kappa shape index (κ1) is 13.9. The minimum Gasteiger partial charge on any atom is -0.336 e. The zero-order valence-electron chi connectivity index (χ0n) is 11.0. The Bertz CT molecular complexity index is 468. The molecule has 0 spiro atoms. The highest BCUT2D eigenvalue weighted by atomic mass is 32.2. The maximum atomic E-state index is 11.6. The molecule has 2 rings (SSSR count). The van der Waals surface area contributed by atoms with Crippen LogP contribution in [0.25, 0.3) is 0 Å². The highest BCUT2D eigenvalue weighted by molar-refractivity contribution is 7.99. The molecule has 1 aliphatic carbocycles. The van der Waals surface area contributed by atoms with E-state index in [1.807, 2.05) is 20.0 Å². The highest BCUT2D eigenvalue weighted by Crippen LogP contribution is 2.37. The first-order valence-electron chi connectivity index (χ1n) is 6.32. The van der Waals surface area contributed by atoms with Gasteiger partial charge in [0.2, 0.25) is 5.91 Å². The standard InChI is InChI=1S/C12H18N4O2S/c1-8(2)14-11(18)15-10(17)7-19-12-13-5-6-16(12)9-3-4-9/h5-6,8-9H,3-4,7H2,1-2H3,(H2,14,15,17,18). The monoisotopic (exact) mass is 282 g/mol. The Kier molecular flexibility index (Phi) is 4.47. The number of imidazole rings is 1. The maximum Gasteiger partial charge on any atom is 0.321 e. The number of hydrogen-bond donors (Lipinski definition) is 2. The Hall–Kier alpha value is -1.50. The van der Waals surface area contributed by atoms with E-state index in [0.717, 1.165) is 5.16 Å². The molecule has 104 valence electrons. The third-order valence-corrected chi connectivity index (χ3v) is 3.56. The molecule has 0 aromatic carbocycles. The normalized spacial score (nSPS) is 14.5. The lowest BCUT2D eigenvalue weighted by molar-refractivity contribution is -0.117. The zero-order chi connectivity index (χ0) is 13.8. The Morgan fingerprint density at radius 3 is 2.89 bits per heavy atom. The van der Waals surface area contributed by atoms with Crippen molar-refractivity contribution in [1.29, 1.82) is 0 Å². The molecule has 7 heteroatoms. The topological polar surface area (TPSA) is 76.0 Å². The van der Waals surface area contributed by atoms with Crippen LogP contribution in [0, 0.1) is 0 Å². The van der Waals surface area contributed by atoms with Gasteiger partial charge in [0.25, 0.3) is 0 Å². The first-order chi connectivity index (χ1) is 9.06. The van der Waals surface area contributed by atoms with E-state index in [4.69, 9.17) is 0 Å². The molecule has 0 bridgehead atoms. The smallest absolute Gasteiger partial charge is 0.321 e. The van der Waals surface area contributed by atoms with E-state index in [0.29, 0.717) is 6.04 Å². The Labute approximate surface area is 116 Å². The second-order valence-corrected chi connectivity index (χ2v) is 5.76. The summed E-state index contributed by atoms with van der Waals surface area (Å²) in [6.07, 6.45) is 6.02. The molecule has 1 heterocycles. The van der Waals surface area contributed by atoms with Gasteiger partial charge < -0.3 is 9.88 Å². The van der Waals surface area contributed by atoms with Crippen LogP contribution in [-0.2, 0) is 4.79 Å². The van der Waals surface area contributed by atoms with Crippen LogP contribution >= 0.6 is 11.8 Å². The van der Waals surface area contributed by atoms with Crippen molar-refractivity contribution in [3.05, 3.63) is 12.4 Å². The average Bonchev–Trinajstić information content (AvgIpc) is 3.04. The number of carbonyl (C=O) groups excluding carboxylic acids is 2. The molecule has 0 aliphatic heterocycles. The van der Waals surface area contributed by atoms with Crippen molar-refractivity contribution < 1.29 is 9.59 Å². The lowest BCUT2D eigenvalue weighted by atomic mass is 10.4. The molecule has 0 unspecified atom stereocenters. The second-order valence-electron chi connectivity index (χ2n) is 4.81. The van der Waals surface area contributed by atoms with Crippen molar-refractivity contribution in [1.82, 2.24) is 20.2 Å². The zero-order valence-corrected chi connectivity index (χ0v) is 11.9. The molecular weight excluding hydrogens is 264 g/mol. The van der Waals surface area contributed by atoms with Crippen molar-refractivity contribution in [2.75, 3.05) is 5.75 Å². The van der Waals surface area contributed by atoms with Crippen LogP contribution in [0.3, 0.4) is 0 Å². The van der Waals surface area contributed by atoms with E-state index in [9.17, 15) is 9.59 Å². The van der Waals surface area contributed by atoms with E-state index in [2.05, 4.69) is 20.2 Å². The Balaban J connectivity index is 1.77. The lowest BCUT2D eigenvalue weighted by Gasteiger charge is -2.09. The molecule has 1 fully saturated rings. The minimum absolute atomic E-state index is 0.00854. The van der Waals surface area contributed by atoms with Crippen LogP contribution in [0.5, 0.6) is 0 Å². The predicted octanol–water partition coefficient (Wildman–Crippen LogP) is 1.54. The Morgan fingerprint density at radius 1 is 1.53 bits per heavy atom. The van der Waals surface area contributed by atoms with Gasteiger partial charge in [0.15, 0.2) is 5.16 Å². The van der Waals surface area contributed by atoms with E-state index in [1.54, 1.807) is 6.20 Å². The van der Waals surface area contributed by atoms with Crippen molar-refractivity contribution in [2.24, 2.45) is 0 Å². The predicted molar refractivity (Wildman–Crippen MR) is 73.0 cm³/mol. The molecule has 0 atom stereocenters. The van der Waals surface area contributed by atoms with Gasteiger partial charge in [-0.1, -0.05) is 11.8 Å². The number of hydrogen-bond acceptors (Lipinski definition) is 4. The van der Waals surface area contributed by atoms with Crippen molar-refractivity contribution in [3.63, 3.8) is 0 Å². The van der Waals surface area contributed by atoms with Crippen LogP contribution < -0.4 is 10.6 Å². The van der Waals surface area contributed by atoms with E-state index < -0.39 is 6.03 Å². The fraction of sp³-hybridized carbons (Fsp3) is 0.583. The summed E-state index contributed by atoms with van der Waals surface area (Å²) in [6, 6.07) is 0.0950. The molecule has 6 nitrogen and oxygen atoms in total. The van der Waals surface area contributed by atoms with Crippen molar-refractivity contribution in [3.8, 4) is 0 Å². The third kappa shape index (κ3) is 4.27. The number of rotatable bonds is 5. The summed E-state index contributed by atoms with van der Waals surface area (Å²) in [5.41, 5.74) is 0. The summed E-state index contributed by atoms with van der Waals surface area (Å²) in [4.78, 5) is 27.2. The van der Waals surface area contributed by atoms with Crippen molar-refractivity contribution >= 4 is 23.7 Å². The molecule has 2 N–H and O–H groups in total. The summed E-state index contributed by atoms with van der Waals surface area (Å²) in [7, 11) is 0. The van der Waals surface area contributed by atoms with Gasteiger partial charge >= 0.3 is 6.03 Å². The van der Waals surface area contributed by atoms with E-state index in [-0.39, 0.29) is 17.7 Å². The molecule has 1 aliphatic rings. The van der Waals surface area contributed by atoms with Gasteiger partial charge in [0.1, 0.15) is 0 Å². The number of imide groups is 1. The van der Waals surface area contributed by atoms with E-state index in [1.165, 1.54) is 24.6 Å². The minimum atomic E-state index is -0.453. The third-order valence-electron chi connectivity index (χ3n) is 2.58. The number of urea groups is 1. The van der Waals surface area contributed by atoms with Gasteiger partial charge in [-0.05, 0) is 26.7 Å². The van der Waals surface area contributed by atoms with Gasteiger partial charge in [0, 0.05) is 24.5 Å². The van der Waals surface area contributed by atoms with Crippen LogP contribution in [0.2, 0.25) is 0 Å². The number of nitrogens with zero attached hydrogens (tertiary/aromatic N) is 2. The number of amides is 3. The summed E-state index contributed by atoms with van der Waals surface area (Å²) < 4.78 is 2.09. The lowest BCUT2D eigenvalue weighted by Crippen LogP contribution is -2.43. The van der Waals surface area contributed by atoms with Gasteiger partial charge in [-0.25, -0.2) is 9.78 Å². The second kappa shape index (κ2) is 6.10. The number of carbonyl (C=O) groups is 2. The number of thioether (sulfide) groups is 1. The quantitative estimate of drug-likeness (QED) is 0.803. The van der Waals surface area contributed by atoms with E-state index >= 15 is 0 Å². The molecule has 0 saturated heterocycles. The van der Waals surface area contributed by atoms with Gasteiger partial charge in [-0.3, -0.25) is 10.1 Å². The highest BCUT2D eigenvalue weighted by Gasteiger charge is 2.25. The summed E-state index contributed by atoms with van der Waals surface area (Å²) in [6.45, 7) is 3.68. The molecule has 1 saturated carbocycles. The number of aromatic nitrogens is 2. The summed E-state index contributed by atoms with van der Waals surface area (Å²) >= 11 is 1.35. The van der Waals surface area contributed by atoms with Crippen LogP contribution in [-0.4, -0.2) is 33.3 Å². The summed E-state index contributed by atoms with van der Waals surface area (Å²) in [5, 5.41) is 5.73. The largest absolute Gasteiger partial charge is 0.336 e. The molecule has 19 heavy (non-hydrogen) atoms. The van der Waals surface area contributed by atoms with Crippen LogP contribution in [0.1, 0.15) is 32.7 Å². The Morgan fingerprint density at radius 2 is 2.26 bits per heavy atom.